The van der Waals surface area contributed by atoms with Crippen LogP contribution in [-0.2, 0) is 0 Å². The first-order valence-corrected chi connectivity index (χ1v) is 5.73. The third-order valence-electron chi connectivity index (χ3n) is 3.44. The Hall–Kier alpha value is -0.890. The van der Waals surface area contributed by atoms with Crippen molar-refractivity contribution in [3.63, 3.8) is 0 Å². The van der Waals surface area contributed by atoms with Gasteiger partial charge in [-0.25, -0.2) is 4.39 Å². The van der Waals surface area contributed by atoms with Gasteiger partial charge in [0.25, 0.3) is 0 Å². The van der Waals surface area contributed by atoms with Gasteiger partial charge in [0.2, 0.25) is 0 Å². The Kier molecular flexibility index (Phi) is 3.37. The Morgan fingerprint density at radius 1 is 1.33 bits per heavy atom. The summed E-state index contributed by atoms with van der Waals surface area (Å²) >= 11 is 0. The first-order valence-electron chi connectivity index (χ1n) is 5.73. The Morgan fingerprint density at radius 3 is 2.67 bits per heavy atom. The first-order chi connectivity index (χ1) is 7.27. The van der Waals surface area contributed by atoms with Gasteiger partial charge in [0.05, 0.1) is 0 Å². The molecule has 82 valence electrons. The molecule has 1 saturated heterocycles. The Morgan fingerprint density at radius 2 is 2.07 bits per heavy atom. The predicted molar refractivity (Wildman–Crippen MR) is 60.4 cm³/mol. The molecule has 1 heterocycles. The highest BCUT2D eigenvalue weighted by Crippen LogP contribution is 2.28. The molecule has 2 rings (SSSR count). The smallest absolute Gasteiger partial charge is 0.123 e. The molecule has 1 N–H and O–H groups in total. The van der Waals surface area contributed by atoms with Crippen LogP contribution in [0.2, 0.25) is 0 Å². The van der Waals surface area contributed by atoms with Crippen LogP contribution in [-0.4, -0.2) is 13.1 Å². The zero-order valence-corrected chi connectivity index (χ0v) is 9.17. The molecule has 2 unspecified atom stereocenters. The van der Waals surface area contributed by atoms with Crippen molar-refractivity contribution in [2.75, 3.05) is 13.1 Å². The fourth-order valence-electron chi connectivity index (χ4n) is 2.34. The van der Waals surface area contributed by atoms with E-state index < -0.39 is 0 Å². The van der Waals surface area contributed by atoms with Crippen molar-refractivity contribution in [2.24, 2.45) is 5.92 Å². The third-order valence-corrected chi connectivity index (χ3v) is 3.44. The lowest BCUT2D eigenvalue weighted by atomic mass is 9.83. The van der Waals surface area contributed by atoms with E-state index in [4.69, 9.17) is 0 Å². The molecule has 1 aliphatic heterocycles. The molecule has 1 aromatic rings. The first kappa shape index (κ1) is 10.6. The Balaban J connectivity index is 2.05. The summed E-state index contributed by atoms with van der Waals surface area (Å²) in [5, 5.41) is 3.42. The zero-order chi connectivity index (χ0) is 10.7. The number of benzene rings is 1. The van der Waals surface area contributed by atoms with Gasteiger partial charge in [0.15, 0.2) is 0 Å². The van der Waals surface area contributed by atoms with Crippen molar-refractivity contribution in [1.82, 2.24) is 5.32 Å². The SMILES string of the molecule is CC(c1ccc(F)cc1)C1CCCNC1. The molecule has 1 aromatic carbocycles. The molecular weight excluding hydrogens is 189 g/mol. The molecule has 1 aliphatic rings. The minimum Gasteiger partial charge on any atom is -0.316 e. The van der Waals surface area contributed by atoms with Gasteiger partial charge in [-0.05, 0) is 55.5 Å². The summed E-state index contributed by atoms with van der Waals surface area (Å²) in [7, 11) is 0. The van der Waals surface area contributed by atoms with E-state index in [1.54, 1.807) is 12.1 Å². The van der Waals surface area contributed by atoms with Crippen LogP contribution in [0.4, 0.5) is 4.39 Å². The van der Waals surface area contributed by atoms with E-state index in [0.29, 0.717) is 11.8 Å². The van der Waals surface area contributed by atoms with Crippen LogP contribution in [0.25, 0.3) is 0 Å². The van der Waals surface area contributed by atoms with Crippen LogP contribution in [0.15, 0.2) is 24.3 Å². The summed E-state index contributed by atoms with van der Waals surface area (Å²) in [5.41, 5.74) is 1.25. The topological polar surface area (TPSA) is 12.0 Å². The van der Waals surface area contributed by atoms with Crippen molar-refractivity contribution >= 4 is 0 Å². The van der Waals surface area contributed by atoms with Gasteiger partial charge < -0.3 is 5.32 Å². The van der Waals surface area contributed by atoms with E-state index in [1.165, 1.54) is 18.4 Å². The number of hydrogen-bond acceptors (Lipinski definition) is 1. The maximum Gasteiger partial charge on any atom is 0.123 e. The lowest BCUT2D eigenvalue weighted by Gasteiger charge is -2.28. The lowest BCUT2D eigenvalue weighted by Crippen LogP contribution is -2.32. The predicted octanol–water partition coefficient (Wildman–Crippen LogP) is 2.93. The third kappa shape index (κ3) is 2.57. The lowest BCUT2D eigenvalue weighted by molar-refractivity contribution is 0.334. The van der Waals surface area contributed by atoms with Gasteiger partial charge in [0.1, 0.15) is 5.82 Å². The maximum atomic E-state index is 12.8. The summed E-state index contributed by atoms with van der Waals surface area (Å²) in [5.74, 6) is 1.08. The van der Waals surface area contributed by atoms with E-state index >= 15 is 0 Å². The summed E-state index contributed by atoms with van der Waals surface area (Å²) in [4.78, 5) is 0. The molecule has 0 amide bonds. The van der Waals surface area contributed by atoms with Crippen LogP contribution >= 0.6 is 0 Å². The minimum absolute atomic E-state index is 0.146. The summed E-state index contributed by atoms with van der Waals surface area (Å²) in [6, 6.07) is 6.94. The molecule has 15 heavy (non-hydrogen) atoms. The van der Waals surface area contributed by atoms with Crippen molar-refractivity contribution in [3.05, 3.63) is 35.6 Å². The fraction of sp³-hybridized carbons (Fsp3) is 0.538. The zero-order valence-electron chi connectivity index (χ0n) is 9.17. The van der Waals surface area contributed by atoms with Crippen molar-refractivity contribution in [2.45, 2.75) is 25.7 Å². The molecule has 0 aliphatic carbocycles. The average Bonchev–Trinajstić information content (AvgIpc) is 2.30. The van der Waals surface area contributed by atoms with Crippen LogP contribution in [0.1, 0.15) is 31.2 Å². The average molecular weight is 207 g/mol. The Bertz CT molecular complexity index is 301. The molecule has 1 fully saturated rings. The van der Waals surface area contributed by atoms with Gasteiger partial charge in [0, 0.05) is 0 Å². The summed E-state index contributed by atoms with van der Waals surface area (Å²) in [6.07, 6.45) is 2.54. The molecule has 2 heteroatoms. The highest BCUT2D eigenvalue weighted by Gasteiger charge is 2.20. The summed E-state index contributed by atoms with van der Waals surface area (Å²) in [6.45, 7) is 4.48. The number of piperidine rings is 1. The minimum atomic E-state index is -0.146. The van der Waals surface area contributed by atoms with Crippen LogP contribution in [0.5, 0.6) is 0 Å². The van der Waals surface area contributed by atoms with Crippen molar-refractivity contribution < 1.29 is 4.39 Å². The molecule has 0 aromatic heterocycles. The molecule has 2 atom stereocenters. The number of nitrogens with one attached hydrogen (secondary N) is 1. The number of rotatable bonds is 2. The second kappa shape index (κ2) is 4.75. The highest BCUT2D eigenvalue weighted by atomic mass is 19.1. The largest absolute Gasteiger partial charge is 0.316 e. The summed E-state index contributed by atoms with van der Waals surface area (Å²) < 4.78 is 12.8. The molecule has 0 bridgehead atoms. The van der Waals surface area contributed by atoms with Crippen LogP contribution in [0, 0.1) is 11.7 Å². The fourth-order valence-corrected chi connectivity index (χ4v) is 2.34. The molecule has 1 nitrogen and oxygen atoms in total. The van der Waals surface area contributed by atoms with Gasteiger partial charge in [-0.3, -0.25) is 0 Å². The van der Waals surface area contributed by atoms with Gasteiger partial charge >= 0.3 is 0 Å². The quantitative estimate of drug-likeness (QED) is 0.786. The number of hydrogen-bond donors (Lipinski definition) is 1. The van der Waals surface area contributed by atoms with Gasteiger partial charge in [-0.2, -0.15) is 0 Å². The number of halogens is 1. The molecule has 0 radical (unpaired) electrons. The van der Waals surface area contributed by atoms with Crippen molar-refractivity contribution in [1.29, 1.82) is 0 Å². The highest BCUT2D eigenvalue weighted by molar-refractivity contribution is 5.20. The van der Waals surface area contributed by atoms with Gasteiger partial charge in [-0.1, -0.05) is 19.1 Å². The normalized spacial score (nSPS) is 23.7. The molecule has 0 spiro atoms. The van der Waals surface area contributed by atoms with E-state index in [0.717, 1.165) is 13.1 Å². The standard InChI is InChI=1S/C13H18FN/c1-10(12-3-2-8-15-9-12)11-4-6-13(14)7-5-11/h4-7,10,12,15H,2-3,8-9H2,1H3. The molecule has 0 saturated carbocycles. The maximum absolute atomic E-state index is 12.8. The van der Waals surface area contributed by atoms with E-state index in [9.17, 15) is 4.39 Å². The van der Waals surface area contributed by atoms with Crippen LogP contribution < -0.4 is 5.32 Å². The van der Waals surface area contributed by atoms with E-state index in [-0.39, 0.29) is 5.82 Å². The van der Waals surface area contributed by atoms with Crippen molar-refractivity contribution in [3.8, 4) is 0 Å². The monoisotopic (exact) mass is 207 g/mol. The van der Waals surface area contributed by atoms with Gasteiger partial charge in [-0.15, -0.1) is 0 Å². The van der Waals surface area contributed by atoms with Crippen LogP contribution in [0.3, 0.4) is 0 Å². The second-order valence-electron chi connectivity index (χ2n) is 4.45. The Labute approximate surface area is 90.7 Å². The van der Waals surface area contributed by atoms with E-state index in [1.807, 2.05) is 12.1 Å². The van der Waals surface area contributed by atoms with E-state index in [2.05, 4.69) is 12.2 Å². The second-order valence-corrected chi connectivity index (χ2v) is 4.45. The molecular formula is C13H18FN.